The highest BCUT2D eigenvalue weighted by Gasteiger charge is 2.44. The number of fused-ring (bicyclic) bond motifs is 1. The van der Waals surface area contributed by atoms with Crippen LogP contribution in [0.5, 0.6) is 0 Å². The van der Waals surface area contributed by atoms with Gasteiger partial charge in [-0.05, 0) is 38.7 Å². The zero-order valence-corrected chi connectivity index (χ0v) is 11.7. The molecule has 1 aromatic heterocycles. The van der Waals surface area contributed by atoms with Crippen molar-refractivity contribution in [2.75, 3.05) is 19.6 Å². The number of likely N-dealkylation sites (tertiary alicyclic amines) is 1. The van der Waals surface area contributed by atoms with Crippen LogP contribution in [0.25, 0.3) is 0 Å². The Kier molecular flexibility index (Phi) is 3.01. The van der Waals surface area contributed by atoms with Crippen molar-refractivity contribution in [2.45, 2.75) is 26.8 Å². The average Bonchev–Trinajstić information content (AvgIpc) is 2.95. The van der Waals surface area contributed by atoms with E-state index in [0.29, 0.717) is 23.4 Å². The van der Waals surface area contributed by atoms with Crippen LogP contribution in [-0.4, -0.2) is 46.7 Å². The zero-order valence-electron chi connectivity index (χ0n) is 11.7. The van der Waals surface area contributed by atoms with E-state index in [-0.39, 0.29) is 5.91 Å². The van der Waals surface area contributed by atoms with E-state index in [4.69, 9.17) is 0 Å². The van der Waals surface area contributed by atoms with Gasteiger partial charge in [-0.15, -0.1) is 0 Å². The van der Waals surface area contributed by atoms with Gasteiger partial charge in [0.15, 0.2) is 0 Å². The van der Waals surface area contributed by atoms with E-state index >= 15 is 0 Å². The Hall–Kier alpha value is -1.49. The van der Waals surface area contributed by atoms with Gasteiger partial charge in [0.05, 0.1) is 17.0 Å². The van der Waals surface area contributed by atoms with Gasteiger partial charge in [0, 0.05) is 25.7 Å². The Morgan fingerprint density at radius 2 is 2.16 bits per heavy atom. The molecule has 19 heavy (non-hydrogen) atoms. The molecule has 2 fully saturated rings. The predicted molar refractivity (Wildman–Crippen MR) is 71.9 cm³/mol. The van der Waals surface area contributed by atoms with Crippen molar-refractivity contribution in [3.63, 3.8) is 0 Å². The van der Waals surface area contributed by atoms with Crippen LogP contribution < -0.4 is 5.32 Å². The minimum Gasteiger partial charge on any atom is -0.335 e. The molecule has 102 valence electrons. The van der Waals surface area contributed by atoms with Crippen molar-refractivity contribution in [3.8, 4) is 0 Å². The van der Waals surface area contributed by atoms with E-state index in [1.165, 1.54) is 0 Å². The maximum Gasteiger partial charge on any atom is 0.256 e. The number of carbonyl (C=O) groups is 1. The van der Waals surface area contributed by atoms with Crippen molar-refractivity contribution in [2.24, 2.45) is 11.8 Å². The molecule has 3 heterocycles. The lowest BCUT2D eigenvalue weighted by Crippen LogP contribution is -2.38. The van der Waals surface area contributed by atoms with Crippen LogP contribution >= 0.6 is 0 Å². The van der Waals surface area contributed by atoms with Gasteiger partial charge < -0.3 is 10.2 Å². The number of aromatic nitrogens is 2. The highest BCUT2D eigenvalue weighted by molar-refractivity contribution is 5.95. The fourth-order valence-electron chi connectivity index (χ4n) is 3.36. The first-order valence-electron chi connectivity index (χ1n) is 6.90. The van der Waals surface area contributed by atoms with Crippen molar-refractivity contribution in [1.82, 2.24) is 20.4 Å². The third-order valence-corrected chi connectivity index (χ3v) is 4.53. The monoisotopic (exact) mass is 260 g/mol. The Bertz CT molecular complexity index is 516. The summed E-state index contributed by atoms with van der Waals surface area (Å²) in [5, 5.41) is 11.5. The molecule has 0 bridgehead atoms. The van der Waals surface area contributed by atoms with E-state index in [0.717, 1.165) is 31.0 Å². The van der Waals surface area contributed by atoms with Gasteiger partial charge in [0.2, 0.25) is 0 Å². The van der Waals surface area contributed by atoms with Crippen LogP contribution in [0.4, 0.5) is 0 Å². The molecule has 1 N–H and O–H groups in total. The second-order valence-electron chi connectivity index (χ2n) is 5.77. The van der Waals surface area contributed by atoms with Gasteiger partial charge in [-0.3, -0.25) is 4.79 Å². The first-order valence-corrected chi connectivity index (χ1v) is 6.90. The summed E-state index contributed by atoms with van der Waals surface area (Å²) >= 11 is 0. The molecule has 2 saturated heterocycles. The molecule has 5 nitrogen and oxygen atoms in total. The highest BCUT2D eigenvalue weighted by Crippen LogP contribution is 2.33. The molecule has 0 spiro atoms. The largest absolute Gasteiger partial charge is 0.335 e. The molecule has 3 rings (SSSR count). The van der Waals surface area contributed by atoms with Gasteiger partial charge >= 0.3 is 0 Å². The van der Waals surface area contributed by atoms with E-state index in [2.05, 4.69) is 22.4 Å². The maximum absolute atomic E-state index is 12.7. The van der Waals surface area contributed by atoms with Crippen molar-refractivity contribution in [1.29, 1.82) is 0 Å². The Morgan fingerprint density at radius 3 is 2.89 bits per heavy atom. The van der Waals surface area contributed by atoms with Crippen molar-refractivity contribution < 1.29 is 4.79 Å². The first-order chi connectivity index (χ1) is 9.08. The van der Waals surface area contributed by atoms with Crippen LogP contribution in [0.15, 0.2) is 6.07 Å². The van der Waals surface area contributed by atoms with Gasteiger partial charge in [-0.1, -0.05) is 0 Å². The summed E-state index contributed by atoms with van der Waals surface area (Å²) in [5.74, 6) is 1.31. The van der Waals surface area contributed by atoms with Crippen molar-refractivity contribution >= 4 is 5.91 Å². The number of carbonyl (C=O) groups excluding carboxylic acids is 1. The molecule has 2 aliphatic rings. The predicted octanol–water partition coefficient (Wildman–Crippen LogP) is 0.773. The number of aryl methyl sites for hydroxylation is 2. The molecule has 0 aliphatic carbocycles. The molecule has 3 unspecified atom stereocenters. The number of nitrogens with zero attached hydrogens (tertiary/aromatic N) is 3. The molecule has 2 aliphatic heterocycles. The fraction of sp³-hybridized carbons (Fsp3) is 0.643. The number of hydrogen-bond acceptors (Lipinski definition) is 4. The second kappa shape index (κ2) is 4.56. The lowest BCUT2D eigenvalue weighted by atomic mass is 9.95. The van der Waals surface area contributed by atoms with Crippen LogP contribution in [0.3, 0.4) is 0 Å². The average molecular weight is 260 g/mol. The summed E-state index contributed by atoms with van der Waals surface area (Å²) in [7, 11) is 0. The minimum atomic E-state index is 0.109. The molecule has 1 aromatic rings. The van der Waals surface area contributed by atoms with Crippen LogP contribution in [-0.2, 0) is 0 Å². The lowest BCUT2D eigenvalue weighted by molar-refractivity contribution is 0.0727. The number of nitrogens with one attached hydrogen (secondary N) is 1. The smallest absolute Gasteiger partial charge is 0.256 e. The van der Waals surface area contributed by atoms with Gasteiger partial charge in [-0.25, -0.2) is 0 Å². The fourth-order valence-corrected chi connectivity index (χ4v) is 3.36. The molecule has 3 atom stereocenters. The van der Waals surface area contributed by atoms with Crippen LogP contribution in [0, 0.1) is 25.7 Å². The Labute approximate surface area is 113 Å². The third-order valence-electron chi connectivity index (χ3n) is 4.53. The van der Waals surface area contributed by atoms with Gasteiger partial charge in [-0.2, -0.15) is 10.2 Å². The van der Waals surface area contributed by atoms with Crippen molar-refractivity contribution in [3.05, 3.63) is 23.0 Å². The highest BCUT2D eigenvalue weighted by atomic mass is 16.2. The zero-order chi connectivity index (χ0) is 13.6. The molecule has 0 saturated carbocycles. The van der Waals surface area contributed by atoms with Crippen LogP contribution in [0.2, 0.25) is 0 Å². The maximum atomic E-state index is 12.7. The topological polar surface area (TPSA) is 58.1 Å². The van der Waals surface area contributed by atoms with E-state index in [1.807, 2.05) is 24.8 Å². The molecule has 1 amide bonds. The molecule has 0 radical (unpaired) electrons. The van der Waals surface area contributed by atoms with E-state index in [9.17, 15) is 4.79 Å². The minimum absolute atomic E-state index is 0.109. The summed E-state index contributed by atoms with van der Waals surface area (Å²) in [6, 6.07) is 2.16. The lowest BCUT2D eigenvalue weighted by Gasteiger charge is -2.25. The van der Waals surface area contributed by atoms with Crippen LogP contribution in [0.1, 0.15) is 28.7 Å². The summed E-state index contributed by atoms with van der Waals surface area (Å²) in [6.45, 7) is 8.80. The summed E-state index contributed by atoms with van der Waals surface area (Å²) in [6.07, 6.45) is 0. The summed E-state index contributed by atoms with van der Waals surface area (Å²) in [4.78, 5) is 14.7. The number of amides is 1. The second-order valence-corrected chi connectivity index (χ2v) is 5.77. The van der Waals surface area contributed by atoms with E-state index < -0.39 is 0 Å². The van der Waals surface area contributed by atoms with E-state index in [1.54, 1.807) is 0 Å². The molecule has 0 aromatic carbocycles. The standard InChI is InChI=1S/C14H20N4O/c1-8-4-12(9(2)17-16-8)14(19)18-7-11-5-15-6-13(11)10(18)3/h4,10-11,13,15H,5-7H2,1-3H3. The quantitative estimate of drug-likeness (QED) is 0.810. The van der Waals surface area contributed by atoms with Gasteiger partial charge in [0.1, 0.15) is 0 Å². The van der Waals surface area contributed by atoms with Gasteiger partial charge in [0.25, 0.3) is 5.91 Å². The Morgan fingerprint density at radius 1 is 1.37 bits per heavy atom. The SMILES string of the molecule is Cc1cc(C(=O)N2CC3CNCC3C2C)c(C)nn1. The number of hydrogen-bond donors (Lipinski definition) is 1. The molecule has 5 heteroatoms. The summed E-state index contributed by atoms with van der Waals surface area (Å²) in [5.41, 5.74) is 2.22. The molecular formula is C14H20N4O. The number of rotatable bonds is 1. The molecular weight excluding hydrogens is 240 g/mol. The third kappa shape index (κ3) is 2.02. The Balaban J connectivity index is 1.86. The normalized spacial score (nSPS) is 29.6. The summed E-state index contributed by atoms with van der Waals surface area (Å²) < 4.78 is 0. The first kappa shape index (κ1) is 12.5.